The molecule has 26 heavy (non-hydrogen) atoms. The van der Waals surface area contributed by atoms with E-state index in [-0.39, 0.29) is 29.0 Å². The van der Waals surface area contributed by atoms with Gasteiger partial charge in [-0.2, -0.15) is 0 Å². The van der Waals surface area contributed by atoms with Crippen LogP contribution in [0.25, 0.3) is 0 Å². The third-order valence-electron chi connectivity index (χ3n) is 5.64. The number of hydrogen-bond acceptors (Lipinski definition) is 3. The minimum atomic E-state index is -0.426. The lowest BCUT2D eigenvalue weighted by atomic mass is 9.88. The van der Waals surface area contributed by atoms with Gasteiger partial charge in [0.25, 0.3) is 5.91 Å². The summed E-state index contributed by atoms with van der Waals surface area (Å²) in [7, 11) is 0. The molecule has 0 unspecified atom stereocenters. The molecule has 4 rings (SSSR count). The molecule has 2 saturated carbocycles. The molecule has 0 bridgehead atoms. The van der Waals surface area contributed by atoms with E-state index in [1.165, 1.54) is 43.5 Å². The van der Waals surface area contributed by atoms with E-state index in [4.69, 9.17) is 0 Å². The van der Waals surface area contributed by atoms with Crippen LogP contribution in [0.15, 0.2) is 24.3 Å². The van der Waals surface area contributed by atoms with Crippen LogP contribution in [0.5, 0.6) is 0 Å². The molecule has 1 aromatic carbocycles. The smallest absolute Gasteiger partial charge is 0.255 e. The van der Waals surface area contributed by atoms with E-state index in [1.807, 2.05) is 0 Å². The number of nitrogens with zero attached hydrogens (tertiary/aromatic N) is 1. The minimum Gasteiger partial charge on any atom is -0.352 e. The van der Waals surface area contributed by atoms with Gasteiger partial charge in [-0.25, -0.2) is 4.39 Å². The highest BCUT2D eigenvalue weighted by Crippen LogP contribution is 2.41. The van der Waals surface area contributed by atoms with Crippen molar-refractivity contribution in [3.8, 4) is 0 Å². The predicted molar refractivity (Wildman–Crippen MR) is 100 cm³/mol. The summed E-state index contributed by atoms with van der Waals surface area (Å²) in [5.74, 6) is 0.545. The van der Waals surface area contributed by atoms with Crippen molar-refractivity contribution < 1.29 is 14.0 Å². The molecule has 1 N–H and O–H groups in total. The molecule has 3 fully saturated rings. The second-order valence-corrected chi connectivity index (χ2v) is 8.79. The number of thioether (sulfide) groups is 1. The summed E-state index contributed by atoms with van der Waals surface area (Å²) in [4.78, 5) is 27.8. The molecule has 3 aliphatic rings. The Hall–Kier alpha value is -1.56. The fraction of sp³-hybridized carbons (Fsp3) is 0.600. The molecule has 1 heterocycles. The van der Waals surface area contributed by atoms with Crippen molar-refractivity contribution in [3.63, 3.8) is 0 Å². The van der Waals surface area contributed by atoms with Gasteiger partial charge in [-0.05, 0) is 55.9 Å². The molecule has 6 heteroatoms. The third-order valence-corrected chi connectivity index (χ3v) is 7.10. The Bertz CT molecular complexity index is 671. The lowest BCUT2D eigenvalue weighted by molar-refractivity contribution is -0.125. The van der Waals surface area contributed by atoms with Crippen LogP contribution in [-0.2, 0) is 4.79 Å². The standard InChI is InChI=1S/C20H25FN2O2S/c21-15-8-6-13(7-9-15)19(25)23-17(18(24)22-16-10-11-16)12-26-20(23)14-4-2-1-3-5-14/h6-9,14,16-17,20H,1-5,10-12H2,(H,22,24)/t17-,20+/m1/s1. The molecule has 1 saturated heterocycles. The van der Waals surface area contributed by atoms with Crippen LogP contribution in [0.2, 0.25) is 0 Å². The highest BCUT2D eigenvalue weighted by atomic mass is 32.2. The summed E-state index contributed by atoms with van der Waals surface area (Å²) in [5.41, 5.74) is 0.457. The molecular weight excluding hydrogens is 351 g/mol. The van der Waals surface area contributed by atoms with E-state index in [2.05, 4.69) is 5.32 Å². The van der Waals surface area contributed by atoms with Crippen LogP contribution < -0.4 is 5.32 Å². The SMILES string of the molecule is O=C(NC1CC1)[C@H]1CS[C@@H](C2CCCCC2)N1C(=O)c1ccc(F)cc1. The Balaban J connectivity index is 1.58. The molecule has 2 atom stereocenters. The molecule has 0 aromatic heterocycles. The molecule has 140 valence electrons. The number of carbonyl (C=O) groups excluding carboxylic acids is 2. The maximum atomic E-state index is 13.3. The molecule has 1 aliphatic heterocycles. The molecule has 2 aliphatic carbocycles. The zero-order valence-corrected chi connectivity index (χ0v) is 15.6. The van der Waals surface area contributed by atoms with Gasteiger partial charge in [0.15, 0.2) is 0 Å². The summed E-state index contributed by atoms with van der Waals surface area (Å²) in [5, 5.41) is 3.10. The fourth-order valence-electron chi connectivity index (χ4n) is 4.04. The number of hydrogen-bond donors (Lipinski definition) is 1. The largest absolute Gasteiger partial charge is 0.352 e. The normalized spacial score (nSPS) is 26.7. The number of nitrogens with one attached hydrogen (secondary N) is 1. The molecule has 2 amide bonds. The van der Waals surface area contributed by atoms with E-state index in [9.17, 15) is 14.0 Å². The number of carbonyl (C=O) groups is 2. The monoisotopic (exact) mass is 376 g/mol. The maximum absolute atomic E-state index is 13.3. The van der Waals surface area contributed by atoms with Gasteiger partial charge in [-0.1, -0.05) is 19.3 Å². The average molecular weight is 376 g/mol. The Labute approximate surface area is 157 Å². The Morgan fingerprint density at radius 1 is 1.04 bits per heavy atom. The highest BCUT2D eigenvalue weighted by Gasteiger charge is 2.45. The zero-order chi connectivity index (χ0) is 18.1. The Kier molecular flexibility index (Phi) is 5.20. The van der Waals surface area contributed by atoms with Gasteiger partial charge in [0.1, 0.15) is 11.9 Å². The van der Waals surface area contributed by atoms with Crippen molar-refractivity contribution in [2.75, 3.05) is 5.75 Å². The number of halogens is 1. The van der Waals surface area contributed by atoms with E-state index in [0.717, 1.165) is 25.7 Å². The first-order valence-electron chi connectivity index (χ1n) is 9.63. The van der Waals surface area contributed by atoms with Crippen LogP contribution in [-0.4, -0.2) is 39.9 Å². The van der Waals surface area contributed by atoms with Crippen LogP contribution >= 0.6 is 11.8 Å². The quantitative estimate of drug-likeness (QED) is 0.874. The second kappa shape index (κ2) is 7.59. The van der Waals surface area contributed by atoms with E-state index >= 15 is 0 Å². The second-order valence-electron chi connectivity index (χ2n) is 7.64. The van der Waals surface area contributed by atoms with Gasteiger partial charge >= 0.3 is 0 Å². The highest BCUT2D eigenvalue weighted by molar-refractivity contribution is 8.00. The first kappa shape index (κ1) is 17.8. The van der Waals surface area contributed by atoms with Crippen LogP contribution in [0, 0.1) is 11.7 Å². The van der Waals surface area contributed by atoms with Crippen molar-refractivity contribution in [2.45, 2.75) is 62.4 Å². The third kappa shape index (κ3) is 3.75. The van der Waals surface area contributed by atoms with Crippen LogP contribution in [0.1, 0.15) is 55.3 Å². The molecule has 1 aromatic rings. The topological polar surface area (TPSA) is 49.4 Å². The number of amides is 2. The predicted octanol–water partition coefficient (Wildman–Crippen LogP) is 3.57. The molecular formula is C20H25FN2O2S. The van der Waals surface area contributed by atoms with Crippen molar-refractivity contribution in [3.05, 3.63) is 35.6 Å². The van der Waals surface area contributed by atoms with E-state index in [1.54, 1.807) is 16.7 Å². The average Bonchev–Trinajstić information content (AvgIpc) is 3.36. The van der Waals surface area contributed by atoms with Gasteiger partial charge in [-0.15, -0.1) is 11.8 Å². The summed E-state index contributed by atoms with van der Waals surface area (Å²) >= 11 is 1.74. The first-order chi connectivity index (χ1) is 12.6. The summed E-state index contributed by atoms with van der Waals surface area (Å²) < 4.78 is 13.3. The number of rotatable bonds is 4. The molecule has 0 radical (unpaired) electrons. The van der Waals surface area contributed by atoms with Crippen molar-refractivity contribution in [2.24, 2.45) is 5.92 Å². The van der Waals surface area contributed by atoms with Crippen LogP contribution in [0.3, 0.4) is 0 Å². The van der Waals surface area contributed by atoms with Gasteiger partial charge < -0.3 is 10.2 Å². The van der Waals surface area contributed by atoms with Crippen molar-refractivity contribution >= 4 is 23.6 Å². The Morgan fingerprint density at radius 3 is 2.38 bits per heavy atom. The van der Waals surface area contributed by atoms with E-state index < -0.39 is 6.04 Å². The van der Waals surface area contributed by atoms with Crippen molar-refractivity contribution in [1.29, 1.82) is 0 Å². The summed E-state index contributed by atoms with van der Waals surface area (Å²) in [6.45, 7) is 0. The minimum absolute atomic E-state index is 0.0335. The van der Waals surface area contributed by atoms with Gasteiger partial charge in [0.05, 0.1) is 5.37 Å². The maximum Gasteiger partial charge on any atom is 0.255 e. The lowest BCUT2D eigenvalue weighted by Gasteiger charge is -2.35. The molecule has 0 spiro atoms. The van der Waals surface area contributed by atoms with E-state index in [0.29, 0.717) is 17.2 Å². The first-order valence-corrected chi connectivity index (χ1v) is 10.7. The molecule has 4 nitrogen and oxygen atoms in total. The van der Waals surface area contributed by atoms with Gasteiger partial charge in [0.2, 0.25) is 5.91 Å². The summed E-state index contributed by atoms with van der Waals surface area (Å²) in [6, 6.07) is 5.52. The van der Waals surface area contributed by atoms with Gasteiger partial charge in [-0.3, -0.25) is 9.59 Å². The van der Waals surface area contributed by atoms with Gasteiger partial charge in [0, 0.05) is 17.4 Å². The van der Waals surface area contributed by atoms with Crippen LogP contribution in [0.4, 0.5) is 4.39 Å². The summed E-state index contributed by atoms with van der Waals surface area (Å²) in [6.07, 6.45) is 7.93. The van der Waals surface area contributed by atoms with Crippen molar-refractivity contribution in [1.82, 2.24) is 10.2 Å². The zero-order valence-electron chi connectivity index (χ0n) is 14.8. The fourth-order valence-corrected chi connectivity index (χ4v) is 5.67. The lowest BCUT2D eigenvalue weighted by Crippen LogP contribution is -2.51. The Morgan fingerprint density at radius 2 is 1.73 bits per heavy atom. The number of benzene rings is 1.